The predicted octanol–water partition coefficient (Wildman–Crippen LogP) is 7.43. The van der Waals surface area contributed by atoms with Crippen molar-refractivity contribution in [1.82, 2.24) is 19.7 Å². The summed E-state index contributed by atoms with van der Waals surface area (Å²) in [4.78, 5) is 17.1. The lowest BCUT2D eigenvalue weighted by Crippen LogP contribution is -2.48. The van der Waals surface area contributed by atoms with E-state index in [0.29, 0.717) is 22.9 Å². The van der Waals surface area contributed by atoms with Crippen LogP contribution in [0.3, 0.4) is 0 Å². The van der Waals surface area contributed by atoms with Crippen LogP contribution in [0.1, 0.15) is 30.7 Å². The van der Waals surface area contributed by atoms with Gasteiger partial charge in [0.05, 0.1) is 15.7 Å². The van der Waals surface area contributed by atoms with Gasteiger partial charge in [0.1, 0.15) is 5.82 Å². The lowest BCUT2D eigenvalue weighted by atomic mass is 10.1. The number of hydrogen-bond acceptors (Lipinski definition) is 5. The average Bonchev–Trinajstić information content (AvgIpc) is 3.36. The zero-order valence-corrected chi connectivity index (χ0v) is 25.1. The molecule has 2 heterocycles. The van der Waals surface area contributed by atoms with Crippen molar-refractivity contribution in [2.24, 2.45) is 0 Å². The largest absolute Gasteiger partial charge is 0.368 e. The van der Waals surface area contributed by atoms with Crippen LogP contribution in [0.4, 0.5) is 5.69 Å². The Balaban J connectivity index is 1.14. The summed E-state index contributed by atoms with van der Waals surface area (Å²) in [6, 6.07) is 23.6. The Morgan fingerprint density at radius 2 is 1.60 bits per heavy atom. The highest BCUT2D eigenvalue weighted by atomic mass is 35.5. The van der Waals surface area contributed by atoms with E-state index in [1.807, 2.05) is 58.0 Å². The van der Waals surface area contributed by atoms with Gasteiger partial charge in [0, 0.05) is 55.5 Å². The second-order valence-electron chi connectivity index (χ2n) is 9.65. The van der Waals surface area contributed by atoms with E-state index in [2.05, 4.69) is 33.3 Å². The van der Waals surface area contributed by atoms with Crippen molar-refractivity contribution in [3.8, 4) is 5.69 Å². The van der Waals surface area contributed by atoms with Crippen molar-refractivity contribution in [2.45, 2.75) is 30.8 Å². The highest BCUT2D eigenvalue weighted by molar-refractivity contribution is 7.99. The molecule has 208 valence electrons. The first-order valence-electron chi connectivity index (χ1n) is 13.3. The maximum absolute atomic E-state index is 12.8. The third-order valence-corrected chi connectivity index (χ3v) is 8.88. The monoisotopic (exact) mass is 613 g/mol. The molecule has 0 bridgehead atoms. The van der Waals surface area contributed by atoms with Crippen LogP contribution in [0.2, 0.25) is 15.1 Å². The average molecular weight is 615 g/mol. The minimum atomic E-state index is 0.222. The summed E-state index contributed by atoms with van der Waals surface area (Å²) < 4.78 is 2.05. The molecule has 4 aromatic rings. The molecule has 5 rings (SSSR count). The van der Waals surface area contributed by atoms with Crippen LogP contribution in [0.15, 0.2) is 78.0 Å². The van der Waals surface area contributed by atoms with Crippen LogP contribution >= 0.6 is 46.6 Å². The lowest BCUT2D eigenvalue weighted by molar-refractivity contribution is -0.131. The van der Waals surface area contributed by atoms with Crippen molar-refractivity contribution in [1.29, 1.82) is 0 Å². The minimum Gasteiger partial charge on any atom is -0.368 e. The van der Waals surface area contributed by atoms with Gasteiger partial charge in [-0.3, -0.25) is 9.36 Å². The lowest BCUT2D eigenvalue weighted by Gasteiger charge is -2.36. The molecule has 40 heavy (non-hydrogen) atoms. The van der Waals surface area contributed by atoms with E-state index in [0.717, 1.165) is 77.7 Å². The van der Waals surface area contributed by atoms with Gasteiger partial charge in [-0.05, 0) is 54.8 Å². The summed E-state index contributed by atoms with van der Waals surface area (Å²) in [5.41, 5.74) is 3.14. The van der Waals surface area contributed by atoms with Gasteiger partial charge in [0.2, 0.25) is 5.91 Å². The number of halogens is 3. The number of carbonyl (C=O) groups is 1. The molecule has 0 saturated carbocycles. The van der Waals surface area contributed by atoms with Crippen molar-refractivity contribution in [3.05, 3.63) is 99.3 Å². The summed E-state index contributed by atoms with van der Waals surface area (Å²) in [5.74, 6) is 1.89. The first-order chi connectivity index (χ1) is 19.5. The van der Waals surface area contributed by atoms with Gasteiger partial charge in [-0.25, -0.2) is 0 Å². The summed E-state index contributed by atoms with van der Waals surface area (Å²) in [6.07, 6.45) is 2.93. The van der Waals surface area contributed by atoms with Crippen molar-refractivity contribution < 1.29 is 4.79 Å². The molecular formula is C30H30Cl3N5OS. The smallest absolute Gasteiger partial charge is 0.222 e. The fraction of sp³-hybridized carbons (Fsp3) is 0.300. The van der Waals surface area contributed by atoms with Crippen molar-refractivity contribution in [2.75, 3.05) is 36.8 Å². The molecule has 1 aliphatic rings. The number of aromatic nitrogens is 3. The molecule has 0 aliphatic carbocycles. The molecule has 3 aromatic carbocycles. The maximum atomic E-state index is 12.8. The Bertz CT molecular complexity index is 1440. The molecule has 1 saturated heterocycles. The van der Waals surface area contributed by atoms with E-state index in [4.69, 9.17) is 34.8 Å². The van der Waals surface area contributed by atoms with Crippen LogP contribution < -0.4 is 4.90 Å². The molecule has 1 amide bonds. The molecule has 0 N–H and O–H groups in total. The number of amides is 1. The molecule has 10 heteroatoms. The first-order valence-corrected chi connectivity index (χ1v) is 15.4. The molecule has 1 aromatic heterocycles. The molecule has 1 aliphatic heterocycles. The third kappa shape index (κ3) is 7.32. The van der Waals surface area contributed by atoms with Crippen LogP contribution in [-0.2, 0) is 11.2 Å². The quantitative estimate of drug-likeness (QED) is 0.137. The van der Waals surface area contributed by atoms with Gasteiger partial charge in [-0.1, -0.05) is 83.0 Å². The van der Waals surface area contributed by atoms with E-state index in [9.17, 15) is 4.79 Å². The fourth-order valence-electron chi connectivity index (χ4n) is 4.76. The number of piperazine rings is 1. The third-order valence-electron chi connectivity index (χ3n) is 6.89. The van der Waals surface area contributed by atoms with Crippen molar-refractivity contribution >= 4 is 58.2 Å². The van der Waals surface area contributed by atoms with Gasteiger partial charge in [0.15, 0.2) is 5.16 Å². The zero-order valence-electron chi connectivity index (χ0n) is 22.0. The molecule has 0 spiro atoms. The van der Waals surface area contributed by atoms with Crippen LogP contribution in [0, 0.1) is 0 Å². The van der Waals surface area contributed by atoms with Crippen LogP contribution in [0.5, 0.6) is 0 Å². The Morgan fingerprint density at radius 3 is 2.35 bits per heavy atom. The Kier molecular flexibility index (Phi) is 9.92. The summed E-state index contributed by atoms with van der Waals surface area (Å²) >= 11 is 20.3. The minimum absolute atomic E-state index is 0.222. The predicted molar refractivity (Wildman–Crippen MR) is 165 cm³/mol. The topological polar surface area (TPSA) is 54.3 Å². The van der Waals surface area contributed by atoms with E-state index >= 15 is 0 Å². The van der Waals surface area contributed by atoms with Crippen molar-refractivity contribution in [3.63, 3.8) is 0 Å². The van der Waals surface area contributed by atoms with E-state index in [-0.39, 0.29) is 5.91 Å². The zero-order chi connectivity index (χ0) is 27.9. The highest BCUT2D eigenvalue weighted by Gasteiger charge is 2.21. The molecular weight excluding hydrogens is 585 g/mol. The van der Waals surface area contributed by atoms with Crippen LogP contribution in [0.25, 0.3) is 5.69 Å². The molecule has 0 unspecified atom stereocenters. The summed E-state index contributed by atoms with van der Waals surface area (Å²) in [7, 11) is 0. The molecule has 0 radical (unpaired) electrons. The molecule has 1 fully saturated rings. The summed E-state index contributed by atoms with van der Waals surface area (Å²) in [5, 5.41) is 11.5. The number of hydrogen-bond donors (Lipinski definition) is 0. The molecule has 0 atom stereocenters. The Morgan fingerprint density at radius 1 is 0.800 bits per heavy atom. The number of anilines is 1. The fourth-order valence-corrected chi connectivity index (χ4v) is 6.20. The van der Waals surface area contributed by atoms with E-state index < -0.39 is 0 Å². The van der Waals surface area contributed by atoms with Gasteiger partial charge in [-0.15, -0.1) is 10.2 Å². The highest BCUT2D eigenvalue weighted by Crippen LogP contribution is 2.29. The standard InChI is InChI=1S/C30H30Cl3N5OS/c31-23-9-6-10-24(20-23)36-14-16-37(17-15-36)29(39)11-4-5-18-40-30-35-34-28(19-22-7-2-1-3-8-22)38(30)25-12-13-26(32)27(33)21-25/h1-3,6-10,12-13,20-21H,4-5,11,14-19H2. The number of benzene rings is 3. The van der Waals surface area contributed by atoms with E-state index in [1.54, 1.807) is 17.8 Å². The van der Waals surface area contributed by atoms with Gasteiger partial charge >= 0.3 is 0 Å². The van der Waals surface area contributed by atoms with Gasteiger partial charge in [-0.2, -0.15) is 0 Å². The van der Waals surface area contributed by atoms with Gasteiger partial charge in [0.25, 0.3) is 0 Å². The first kappa shape index (κ1) is 28.8. The number of unbranched alkanes of at least 4 members (excludes halogenated alkanes) is 1. The van der Waals surface area contributed by atoms with Gasteiger partial charge < -0.3 is 9.80 Å². The normalized spacial score (nSPS) is 13.6. The summed E-state index contributed by atoms with van der Waals surface area (Å²) in [6.45, 7) is 3.10. The maximum Gasteiger partial charge on any atom is 0.222 e. The number of thioether (sulfide) groups is 1. The number of nitrogens with zero attached hydrogens (tertiary/aromatic N) is 5. The molecule has 6 nitrogen and oxygen atoms in total. The second-order valence-corrected chi connectivity index (χ2v) is 12.0. The number of carbonyl (C=O) groups excluding carboxylic acids is 1. The SMILES string of the molecule is O=C(CCCCSc1nnc(Cc2ccccc2)n1-c1ccc(Cl)c(Cl)c1)N1CCN(c2cccc(Cl)c2)CC1. The number of rotatable bonds is 10. The second kappa shape index (κ2) is 13.8. The Labute approximate surface area is 254 Å². The van der Waals surface area contributed by atoms with Crippen LogP contribution in [-0.4, -0.2) is 57.5 Å². The Hall–Kier alpha value is -2.71. The van der Waals surface area contributed by atoms with E-state index in [1.165, 1.54) is 0 Å².